The molecule has 2 atom stereocenters. The van der Waals surface area contributed by atoms with Crippen molar-refractivity contribution in [2.45, 2.75) is 20.1 Å². The Bertz CT molecular complexity index is 1330. The average molecular weight is 576 g/mol. The molecule has 0 aromatic heterocycles. The number of benzene rings is 4. The van der Waals surface area contributed by atoms with Crippen molar-refractivity contribution in [1.29, 1.82) is 0 Å². The van der Waals surface area contributed by atoms with Gasteiger partial charge in [-0.05, 0) is 24.0 Å². The van der Waals surface area contributed by atoms with E-state index in [2.05, 4.69) is 60.7 Å². The molecule has 0 saturated carbocycles. The summed E-state index contributed by atoms with van der Waals surface area (Å²) in [7, 11) is 0. The van der Waals surface area contributed by atoms with Crippen LogP contribution >= 0.6 is 0 Å². The van der Waals surface area contributed by atoms with Crippen LogP contribution in [0.1, 0.15) is 40.6 Å². The molecule has 6 rings (SSSR count). The predicted octanol–water partition coefficient (Wildman–Crippen LogP) is 8.63. The van der Waals surface area contributed by atoms with Gasteiger partial charge in [0.15, 0.2) is 0 Å². The van der Waals surface area contributed by atoms with Gasteiger partial charge in [-0.1, -0.05) is 60.7 Å². The van der Waals surface area contributed by atoms with Crippen LogP contribution in [0.3, 0.4) is 0 Å². The Hall–Kier alpha value is -3.04. The van der Waals surface area contributed by atoms with Crippen molar-refractivity contribution >= 4 is 12.2 Å². The molecule has 0 aliphatic heterocycles. The van der Waals surface area contributed by atoms with Crippen molar-refractivity contribution < 1.29 is 40.8 Å². The Kier molecular flexibility index (Phi) is 8.00. The van der Waals surface area contributed by atoms with E-state index in [1.165, 1.54) is 11.1 Å². The third-order valence-electron chi connectivity index (χ3n) is 6.64. The van der Waals surface area contributed by atoms with Gasteiger partial charge in [0, 0.05) is 0 Å². The van der Waals surface area contributed by atoms with Crippen LogP contribution in [-0.2, 0) is 36.1 Å². The quantitative estimate of drug-likeness (QED) is 0.209. The molecule has 4 aromatic carbocycles. The predicted molar refractivity (Wildman–Crippen MR) is 137 cm³/mol. The van der Waals surface area contributed by atoms with E-state index in [4.69, 9.17) is 0 Å². The van der Waals surface area contributed by atoms with Gasteiger partial charge >= 0.3 is 142 Å². The Morgan fingerprint density at radius 3 is 1.27 bits per heavy atom. The number of halogens is 4. The topological polar surface area (TPSA) is 0 Å². The van der Waals surface area contributed by atoms with Gasteiger partial charge in [0.1, 0.15) is 0 Å². The third kappa shape index (κ3) is 5.78. The largest absolute Gasteiger partial charge is 0.0622 e. The number of hydrogen-bond acceptors (Lipinski definition) is 0. The van der Waals surface area contributed by atoms with Crippen molar-refractivity contribution in [3.05, 3.63) is 154 Å². The number of rotatable bonds is 5. The summed E-state index contributed by atoms with van der Waals surface area (Å²) < 4.78 is 55.4. The van der Waals surface area contributed by atoms with Crippen LogP contribution in [-0.4, -0.2) is 0 Å². The first-order chi connectivity index (χ1) is 18.0. The minimum Gasteiger partial charge on any atom is -0.0622 e. The molecular formula is C32H24F4Zr. The molecule has 0 bridgehead atoms. The second-order valence-corrected chi connectivity index (χ2v) is 12.9. The zero-order valence-corrected chi connectivity index (χ0v) is 22.4. The molecule has 0 amide bonds. The van der Waals surface area contributed by atoms with Crippen molar-refractivity contribution in [2.75, 3.05) is 0 Å². The molecule has 2 unspecified atom stereocenters. The molecule has 0 radical (unpaired) electrons. The van der Waals surface area contributed by atoms with E-state index in [0.29, 0.717) is 11.1 Å². The second kappa shape index (κ2) is 11.6. The molecule has 37 heavy (non-hydrogen) atoms. The monoisotopic (exact) mass is 574 g/mol. The molecule has 0 N–H and O–H groups in total. The van der Waals surface area contributed by atoms with E-state index in [9.17, 15) is 17.6 Å². The number of aryl methyl sites for hydroxylation is 2. The van der Waals surface area contributed by atoms with Gasteiger partial charge < -0.3 is 0 Å². The van der Waals surface area contributed by atoms with Crippen LogP contribution < -0.4 is 0 Å². The fraction of sp³-hybridized carbons (Fsp3) is 0.125. The van der Waals surface area contributed by atoms with Crippen molar-refractivity contribution in [3.63, 3.8) is 0 Å². The van der Waals surface area contributed by atoms with Crippen LogP contribution in [0.15, 0.2) is 97.1 Å². The maximum Gasteiger partial charge on any atom is -0.0238 e. The van der Waals surface area contributed by atoms with E-state index in [-0.39, 0.29) is 18.4 Å². The van der Waals surface area contributed by atoms with Crippen LogP contribution in [0.25, 0.3) is 12.2 Å². The molecular weight excluding hydrogens is 552 g/mol. The summed E-state index contributed by atoms with van der Waals surface area (Å²) in [5, 5.41) is 0. The van der Waals surface area contributed by atoms with E-state index in [0.717, 1.165) is 37.1 Å². The molecule has 2 aliphatic carbocycles. The smallest absolute Gasteiger partial charge is 0.0238 e. The minimum absolute atomic E-state index is 0.187. The van der Waals surface area contributed by atoms with E-state index >= 15 is 0 Å². The summed E-state index contributed by atoms with van der Waals surface area (Å²) in [6, 6.07) is 25.7. The Morgan fingerprint density at radius 1 is 0.486 bits per heavy atom. The van der Waals surface area contributed by atoms with Gasteiger partial charge in [-0.3, -0.25) is 0 Å². The third-order valence-corrected chi connectivity index (χ3v) is 10.8. The Balaban J connectivity index is 0.000000171. The summed E-state index contributed by atoms with van der Waals surface area (Å²) in [6.07, 6.45) is 9.05. The summed E-state index contributed by atoms with van der Waals surface area (Å²) in [5.41, 5.74) is 4.15. The van der Waals surface area contributed by atoms with Crippen molar-refractivity contribution in [2.24, 2.45) is 0 Å². The number of fused-ring (bicyclic) bond motifs is 2. The Labute approximate surface area is 225 Å². The van der Waals surface area contributed by atoms with Crippen molar-refractivity contribution in [3.8, 4) is 0 Å². The van der Waals surface area contributed by atoms with Gasteiger partial charge in [0.05, 0.1) is 0 Å². The zero-order chi connectivity index (χ0) is 25.8. The molecule has 184 valence electrons. The van der Waals surface area contributed by atoms with Crippen LogP contribution in [0.4, 0.5) is 17.6 Å². The van der Waals surface area contributed by atoms with Gasteiger partial charge in [0.2, 0.25) is 0 Å². The second-order valence-electron chi connectivity index (χ2n) is 9.02. The summed E-state index contributed by atoms with van der Waals surface area (Å²) in [5.74, 6) is -1.75. The SMILES string of the molecule is Fc1ccc(F)c2c1C=C[CH]2[Zr][CH]1C=Cc2c(F)ccc(F)c21.c1ccc(CCc2ccccc2)cc1. The average Bonchev–Trinajstić information content (AvgIpc) is 3.55. The van der Waals surface area contributed by atoms with Gasteiger partial charge in [-0.2, -0.15) is 0 Å². The fourth-order valence-corrected chi connectivity index (χ4v) is 9.00. The van der Waals surface area contributed by atoms with Crippen molar-refractivity contribution in [1.82, 2.24) is 0 Å². The normalized spacial score (nSPS) is 16.6. The Morgan fingerprint density at radius 2 is 0.865 bits per heavy atom. The molecule has 0 spiro atoms. The first-order valence-corrected chi connectivity index (χ1v) is 15.0. The zero-order valence-electron chi connectivity index (χ0n) is 20.0. The van der Waals surface area contributed by atoms with E-state index < -0.39 is 46.5 Å². The van der Waals surface area contributed by atoms with Crippen LogP contribution in [0, 0.1) is 23.3 Å². The standard InChI is InChI=1S/C14H14.2C9H5F2.Zr/c1-3-7-13(8-4-1)11-12-14-9-5-2-6-10-14;2*10-8-4-5-9(11)7-3-1-2-6(7)8;/h1-10H,11-12H2;2*1-5H;. The van der Waals surface area contributed by atoms with Gasteiger partial charge in [0.25, 0.3) is 0 Å². The minimum atomic E-state index is -1.45. The van der Waals surface area contributed by atoms with Crippen LogP contribution in [0.2, 0.25) is 0 Å². The molecule has 2 aliphatic rings. The first-order valence-electron chi connectivity index (χ1n) is 12.2. The van der Waals surface area contributed by atoms with E-state index in [1.54, 1.807) is 24.3 Å². The van der Waals surface area contributed by atoms with E-state index in [1.807, 2.05) is 0 Å². The molecule has 0 nitrogen and oxygen atoms in total. The van der Waals surface area contributed by atoms with Gasteiger partial charge in [-0.25, -0.2) is 0 Å². The number of hydrogen-bond donors (Lipinski definition) is 0. The summed E-state index contributed by atoms with van der Waals surface area (Å²) in [4.78, 5) is 0. The molecule has 4 aromatic rings. The molecule has 0 saturated heterocycles. The summed E-state index contributed by atoms with van der Waals surface area (Å²) in [6.45, 7) is 0. The van der Waals surface area contributed by atoms with Crippen LogP contribution in [0.5, 0.6) is 0 Å². The molecule has 5 heteroatoms. The fourth-order valence-electron chi connectivity index (χ4n) is 4.76. The van der Waals surface area contributed by atoms with Gasteiger partial charge in [-0.15, -0.1) is 0 Å². The molecule has 0 heterocycles. The molecule has 0 fully saturated rings. The first kappa shape index (κ1) is 25.6. The maximum absolute atomic E-state index is 14.1. The summed E-state index contributed by atoms with van der Waals surface area (Å²) >= 11 is -1.45. The number of allylic oxidation sites excluding steroid dienone is 2. The maximum atomic E-state index is 14.1.